The van der Waals surface area contributed by atoms with Crippen molar-refractivity contribution in [3.63, 3.8) is 0 Å². The van der Waals surface area contributed by atoms with Crippen LogP contribution in [-0.2, 0) is 16.1 Å². The zero-order valence-corrected chi connectivity index (χ0v) is 12.4. The molecule has 0 saturated carbocycles. The summed E-state index contributed by atoms with van der Waals surface area (Å²) >= 11 is 0. The second kappa shape index (κ2) is 7.26. The first-order chi connectivity index (χ1) is 10.6. The van der Waals surface area contributed by atoms with Gasteiger partial charge in [0.1, 0.15) is 17.1 Å². The van der Waals surface area contributed by atoms with E-state index >= 15 is 0 Å². The predicted octanol–water partition coefficient (Wildman–Crippen LogP) is 2.62. The molecule has 116 valence electrons. The minimum Gasteiger partial charge on any atom is -0.512 e. The van der Waals surface area contributed by atoms with Crippen molar-refractivity contribution < 1.29 is 19.1 Å². The average Bonchev–Trinajstić information content (AvgIpc) is 3.11. The lowest BCUT2D eigenvalue weighted by molar-refractivity contribution is -0.138. The Morgan fingerprint density at radius 3 is 3.00 bits per heavy atom. The van der Waals surface area contributed by atoms with Crippen molar-refractivity contribution in [2.45, 2.75) is 20.4 Å². The number of allylic oxidation sites excluding steroid dienone is 1. The number of carbonyl (C=O) groups is 1. The number of hydrogen-bond acceptors (Lipinski definition) is 6. The predicted molar refractivity (Wildman–Crippen MR) is 80.2 cm³/mol. The van der Waals surface area contributed by atoms with Gasteiger partial charge in [-0.05, 0) is 26.0 Å². The van der Waals surface area contributed by atoms with E-state index in [-0.39, 0.29) is 17.9 Å². The molecule has 0 amide bonds. The monoisotopic (exact) mass is 303 g/mol. The van der Waals surface area contributed by atoms with Gasteiger partial charge in [0.25, 0.3) is 0 Å². The highest BCUT2D eigenvalue weighted by molar-refractivity contribution is 6.10. The van der Waals surface area contributed by atoms with Gasteiger partial charge in [-0.3, -0.25) is 4.68 Å². The van der Waals surface area contributed by atoms with Crippen LogP contribution in [0.4, 0.5) is 5.82 Å². The van der Waals surface area contributed by atoms with Gasteiger partial charge in [0.05, 0.1) is 19.4 Å². The Balaban J connectivity index is 2.07. The van der Waals surface area contributed by atoms with Crippen LogP contribution in [0.15, 0.2) is 51.4 Å². The number of aromatic nitrogens is 2. The van der Waals surface area contributed by atoms with Crippen molar-refractivity contribution in [2.75, 3.05) is 6.61 Å². The van der Waals surface area contributed by atoms with Gasteiger partial charge in [-0.15, -0.1) is 0 Å². The molecule has 0 aromatic carbocycles. The number of furan rings is 1. The van der Waals surface area contributed by atoms with E-state index < -0.39 is 5.97 Å². The average molecular weight is 303 g/mol. The van der Waals surface area contributed by atoms with Crippen LogP contribution in [0.2, 0.25) is 0 Å². The molecule has 7 nitrogen and oxygen atoms in total. The summed E-state index contributed by atoms with van der Waals surface area (Å²) in [5.41, 5.74) is 0.00225. The molecule has 22 heavy (non-hydrogen) atoms. The van der Waals surface area contributed by atoms with E-state index in [1.807, 2.05) is 6.07 Å². The number of nitrogens with zero attached hydrogens (tertiary/aromatic N) is 3. The van der Waals surface area contributed by atoms with Gasteiger partial charge >= 0.3 is 5.97 Å². The number of hydrogen-bond donors (Lipinski definition) is 1. The van der Waals surface area contributed by atoms with E-state index in [1.165, 1.54) is 13.1 Å². The van der Waals surface area contributed by atoms with Gasteiger partial charge in [-0.2, -0.15) is 5.10 Å². The largest absolute Gasteiger partial charge is 0.512 e. The van der Waals surface area contributed by atoms with Crippen molar-refractivity contribution in [1.29, 1.82) is 0 Å². The molecule has 7 heteroatoms. The van der Waals surface area contributed by atoms with Crippen molar-refractivity contribution >= 4 is 18.0 Å². The third-order valence-corrected chi connectivity index (χ3v) is 2.74. The second-order valence-corrected chi connectivity index (χ2v) is 4.43. The summed E-state index contributed by atoms with van der Waals surface area (Å²) in [6, 6.07) is 5.34. The minimum absolute atomic E-state index is 0.00225. The van der Waals surface area contributed by atoms with E-state index in [0.717, 1.165) is 5.76 Å². The molecule has 2 aromatic rings. The first kappa shape index (κ1) is 15.6. The van der Waals surface area contributed by atoms with Crippen LogP contribution in [0.25, 0.3) is 0 Å². The Kier molecular flexibility index (Phi) is 5.13. The van der Waals surface area contributed by atoms with Crippen molar-refractivity contribution in [3.8, 4) is 0 Å². The number of aliphatic imine (C=N–C) groups is 1. The molecule has 2 aromatic heterocycles. The number of esters is 1. The van der Waals surface area contributed by atoms with Crippen LogP contribution in [0.5, 0.6) is 0 Å². The summed E-state index contributed by atoms with van der Waals surface area (Å²) in [6.45, 7) is 3.80. The minimum atomic E-state index is -0.624. The highest BCUT2D eigenvalue weighted by Crippen LogP contribution is 2.11. The number of ether oxygens (including phenoxy) is 1. The summed E-state index contributed by atoms with van der Waals surface area (Å²) < 4.78 is 11.7. The van der Waals surface area contributed by atoms with Crippen LogP contribution in [0.3, 0.4) is 0 Å². The number of rotatable bonds is 6. The smallest absolute Gasteiger partial charge is 0.343 e. The van der Waals surface area contributed by atoms with E-state index in [0.29, 0.717) is 12.4 Å². The molecule has 0 radical (unpaired) electrons. The maximum atomic E-state index is 11.7. The molecule has 0 aliphatic carbocycles. The van der Waals surface area contributed by atoms with E-state index in [2.05, 4.69) is 10.1 Å². The topological polar surface area (TPSA) is 89.9 Å². The molecule has 0 aliphatic rings. The number of carbonyl (C=O) groups excluding carboxylic acids is 1. The summed E-state index contributed by atoms with van der Waals surface area (Å²) in [4.78, 5) is 15.7. The first-order valence-electron chi connectivity index (χ1n) is 6.77. The van der Waals surface area contributed by atoms with Crippen LogP contribution < -0.4 is 0 Å². The first-order valence-corrected chi connectivity index (χ1v) is 6.77. The lowest BCUT2D eigenvalue weighted by Crippen LogP contribution is -2.10. The van der Waals surface area contributed by atoms with Gasteiger partial charge < -0.3 is 14.3 Å². The third-order valence-electron chi connectivity index (χ3n) is 2.74. The molecule has 0 unspecified atom stereocenters. The maximum Gasteiger partial charge on any atom is 0.343 e. The zero-order chi connectivity index (χ0) is 15.9. The third kappa shape index (κ3) is 4.08. The van der Waals surface area contributed by atoms with Gasteiger partial charge in [0.2, 0.25) is 0 Å². The Morgan fingerprint density at radius 1 is 1.55 bits per heavy atom. The molecule has 0 saturated heterocycles. The van der Waals surface area contributed by atoms with Crippen LogP contribution in [0, 0.1) is 0 Å². The molecule has 2 rings (SSSR count). The highest BCUT2D eigenvalue weighted by Gasteiger charge is 2.12. The summed E-state index contributed by atoms with van der Waals surface area (Å²) in [5, 5.41) is 13.7. The quantitative estimate of drug-likeness (QED) is 0.383. The fraction of sp³-hybridized carbons (Fsp3) is 0.267. The molecule has 0 atom stereocenters. The second-order valence-electron chi connectivity index (χ2n) is 4.43. The van der Waals surface area contributed by atoms with Crippen LogP contribution in [0.1, 0.15) is 19.6 Å². The molecular formula is C15H17N3O4. The molecule has 0 aliphatic heterocycles. The number of aliphatic hydroxyl groups is 1. The fourth-order valence-corrected chi connectivity index (χ4v) is 1.70. The van der Waals surface area contributed by atoms with Gasteiger partial charge in [-0.25, -0.2) is 9.79 Å². The Bertz CT molecular complexity index is 679. The normalized spacial score (nSPS) is 12.5. The molecule has 0 fully saturated rings. The fourth-order valence-electron chi connectivity index (χ4n) is 1.70. The lowest BCUT2D eigenvalue weighted by atomic mass is 10.2. The highest BCUT2D eigenvalue weighted by atomic mass is 16.5. The van der Waals surface area contributed by atoms with E-state index in [1.54, 1.807) is 36.2 Å². The Hall–Kier alpha value is -2.83. The van der Waals surface area contributed by atoms with Crippen LogP contribution >= 0.6 is 0 Å². The molecule has 1 N–H and O–H groups in total. The SMILES string of the molecule is CCOC(=O)C(C=Nc1ccn(Cc2ccco2)n1)=C(C)O. The van der Waals surface area contributed by atoms with Crippen molar-refractivity contribution in [1.82, 2.24) is 9.78 Å². The lowest BCUT2D eigenvalue weighted by Gasteiger charge is -2.02. The summed E-state index contributed by atoms with van der Waals surface area (Å²) in [5.74, 6) is 0.407. The maximum absolute atomic E-state index is 11.7. The molecule has 2 heterocycles. The zero-order valence-electron chi connectivity index (χ0n) is 12.4. The van der Waals surface area contributed by atoms with Gasteiger partial charge in [0.15, 0.2) is 5.82 Å². The summed E-state index contributed by atoms with van der Waals surface area (Å²) in [7, 11) is 0. The van der Waals surface area contributed by atoms with E-state index in [4.69, 9.17) is 9.15 Å². The molecular weight excluding hydrogens is 286 g/mol. The molecule has 0 bridgehead atoms. The summed E-state index contributed by atoms with van der Waals surface area (Å²) in [6.07, 6.45) is 4.58. The molecule has 0 spiro atoms. The Labute approximate surface area is 127 Å². The Morgan fingerprint density at radius 2 is 2.36 bits per heavy atom. The number of aliphatic hydroxyl groups excluding tert-OH is 1. The standard InChI is InChI=1S/C15H17N3O4/c1-3-21-15(20)13(11(2)19)9-16-14-6-7-18(17-14)10-12-5-4-8-22-12/h4-9,19H,3,10H2,1-2H3. The van der Waals surface area contributed by atoms with Crippen molar-refractivity contribution in [3.05, 3.63) is 47.8 Å². The van der Waals surface area contributed by atoms with Gasteiger partial charge in [0, 0.05) is 18.5 Å². The van der Waals surface area contributed by atoms with Crippen molar-refractivity contribution in [2.24, 2.45) is 4.99 Å². The van der Waals surface area contributed by atoms with Gasteiger partial charge in [-0.1, -0.05) is 0 Å². The van der Waals surface area contributed by atoms with Crippen LogP contribution in [-0.4, -0.2) is 33.7 Å². The van der Waals surface area contributed by atoms with E-state index in [9.17, 15) is 9.90 Å².